The van der Waals surface area contributed by atoms with Gasteiger partial charge in [-0.15, -0.1) is 0 Å². The molecule has 1 saturated carbocycles. The molecule has 4 amide bonds. The topological polar surface area (TPSA) is 148 Å². The molecule has 2 atom stereocenters. The van der Waals surface area contributed by atoms with Crippen LogP contribution in [0.2, 0.25) is 5.02 Å². The van der Waals surface area contributed by atoms with Gasteiger partial charge in [-0.2, -0.15) is 18.4 Å². The zero-order valence-corrected chi connectivity index (χ0v) is 34.8. The third-order valence-corrected chi connectivity index (χ3v) is 12.8. The number of thiocarbonyl (C=S) groups is 1. The third kappa shape index (κ3) is 8.71. The third-order valence-electron chi connectivity index (χ3n) is 12.2. The highest BCUT2D eigenvalue weighted by Crippen LogP contribution is 2.49. The van der Waals surface area contributed by atoms with Crippen molar-refractivity contribution in [1.29, 1.82) is 5.26 Å². The maximum Gasteiger partial charge on any atom is 0.419 e. The van der Waals surface area contributed by atoms with E-state index in [-0.39, 0.29) is 40.5 Å². The predicted molar refractivity (Wildman–Crippen MR) is 222 cm³/mol. The van der Waals surface area contributed by atoms with Crippen LogP contribution in [0.1, 0.15) is 87.6 Å². The number of rotatable bonds is 12. The van der Waals surface area contributed by atoms with E-state index in [1.54, 1.807) is 17.0 Å². The standard InChI is InChI=1S/C43H45ClF3N7O5S/c1-3-28-20-32(54-41(60)53(40(58)42(54)12-4-13-42)33-22-34(43(45,46)47)35(23-48)49-24-33)6-7-36(28)59-16-11-26-9-14-52(15-10-26)25(2)38(56)50-31-19-27(18-30(44)21-31)17-29-5-8-37(55)51-39(29)57/h6-7,18-22,24-26,29H,3-5,8-17H2,1-2H3,(H,50,56)(H,51,55,57)/t25-,29?/m0/s1. The molecule has 3 saturated heterocycles. The Hall–Kier alpha value is -5.11. The van der Waals surface area contributed by atoms with Gasteiger partial charge in [0.15, 0.2) is 10.8 Å². The molecule has 2 aromatic carbocycles. The number of aromatic nitrogens is 1. The Morgan fingerprint density at radius 3 is 2.52 bits per heavy atom. The number of pyridine rings is 1. The lowest BCUT2D eigenvalue weighted by molar-refractivity contribution is -0.138. The molecule has 7 rings (SSSR count). The Kier molecular flexibility index (Phi) is 12.5. The molecule has 1 aromatic heterocycles. The summed E-state index contributed by atoms with van der Waals surface area (Å²) in [6.45, 7) is 5.84. The molecule has 1 spiro atoms. The Morgan fingerprint density at radius 1 is 1.12 bits per heavy atom. The molecule has 3 aromatic rings. The van der Waals surface area contributed by atoms with Crippen LogP contribution in [0.15, 0.2) is 48.7 Å². The Labute approximate surface area is 356 Å². The van der Waals surface area contributed by atoms with E-state index >= 15 is 0 Å². The summed E-state index contributed by atoms with van der Waals surface area (Å²) in [5.41, 5.74) is -0.274. The van der Waals surface area contributed by atoms with E-state index < -0.39 is 28.9 Å². The Bertz CT molecular complexity index is 2260. The second-order valence-electron chi connectivity index (χ2n) is 16.0. The van der Waals surface area contributed by atoms with Crippen molar-refractivity contribution in [1.82, 2.24) is 15.2 Å². The number of hydrogen-bond donors (Lipinski definition) is 2. The number of carbonyl (C=O) groups excluding carboxylic acids is 4. The number of piperidine rings is 2. The highest BCUT2D eigenvalue weighted by molar-refractivity contribution is 7.81. The van der Waals surface area contributed by atoms with Crippen LogP contribution in [0.25, 0.3) is 0 Å². The lowest BCUT2D eigenvalue weighted by Crippen LogP contribution is -2.55. The second kappa shape index (κ2) is 17.5. The Morgan fingerprint density at radius 2 is 1.87 bits per heavy atom. The molecule has 2 N–H and O–H groups in total. The number of alkyl halides is 3. The van der Waals surface area contributed by atoms with Gasteiger partial charge >= 0.3 is 6.18 Å². The van der Waals surface area contributed by atoms with E-state index in [0.717, 1.165) is 67.1 Å². The van der Waals surface area contributed by atoms with E-state index in [0.29, 0.717) is 73.2 Å². The van der Waals surface area contributed by atoms with Gasteiger partial charge in [-0.05, 0) is 150 Å². The zero-order valence-electron chi connectivity index (χ0n) is 33.2. The summed E-state index contributed by atoms with van der Waals surface area (Å²) in [5.74, 6) is -0.372. The summed E-state index contributed by atoms with van der Waals surface area (Å²) < 4.78 is 47.8. The van der Waals surface area contributed by atoms with Crippen LogP contribution in [0.5, 0.6) is 5.75 Å². The van der Waals surface area contributed by atoms with Crippen molar-refractivity contribution in [2.75, 3.05) is 34.8 Å². The molecular formula is C43H45ClF3N7O5S. The summed E-state index contributed by atoms with van der Waals surface area (Å²) in [4.78, 5) is 59.8. The number of hydrogen-bond acceptors (Lipinski definition) is 9. The summed E-state index contributed by atoms with van der Waals surface area (Å²) in [6, 6.07) is 12.7. The van der Waals surface area contributed by atoms with Crippen molar-refractivity contribution in [3.8, 4) is 11.8 Å². The van der Waals surface area contributed by atoms with Gasteiger partial charge in [-0.25, -0.2) is 4.98 Å². The van der Waals surface area contributed by atoms with Crippen molar-refractivity contribution in [3.05, 3.63) is 76.1 Å². The molecule has 4 fully saturated rings. The van der Waals surface area contributed by atoms with Gasteiger partial charge in [0.25, 0.3) is 5.91 Å². The van der Waals surface area contributed by atoms with E-state index in [4.69, 9.17) is 28.6 Å². The second-order valence-corrected chi connectivity index (χ2v) is 16.8. The summed E-state index contributed by atoms with van der Waals surface area (Å²) in [7, 11) is 0. The molecule has 0 radical (unpaired) electrons. The van der Waals surface area contributed by atoms with Crippen LogP contribution < -0.4 is 25.2 Å². The number of nitriles is 1. The van der Waals surface area contributed by atoms with Gasteiger partial charge in [-0.3, -0.25) is 34.3 Å². The highest BCUT2D eigenvalue weighted by atomic mass is 35.5. The minimum absolute atomic E-state index is 0.0498. The van der Waals surface area contributed by atoms with Crippen LogP contribution in [-0.4, -0.2) is 69.9 Å². The molecule has 12 nitrogen and oxygen atoms in total. The van der Waals surface area contributed by atoms with E-state index in [2.05, 4.69) is 20.5 Å². The molecule has 0 bridgehead atoms. The minimum atomic E-state index is -4.85. The predicted octanol–water partition coefficient (Wildman–Crippen LogP) is 7.35. The molecule has 316 valence electrons. The first-order valence-corrected chi connectivity index (χ1v) is 21.0. The molecule has 3 aliphatic heterocycles. The minimum Gasteiger partial charge on any atom is -0.493 e. The van der Waals surface area contributed by atoms with Crippen molar-refractivity contribution in [2.45, 2.75) is 95.8 Å². The van der Waals surface area contributed by atoms with Gasteiger partial charge < -0.3 is 15.0 Å². The van der Waals surface area contributed by atoms with Gasteiger partial charge in [0.1, 0.15) is 17.4 Å². The number of anilines is 3. The SMILES string of the molecule is CCc1cc(N2C(=S)N(c3cnc(C#N)c(C(F)(F)F)c3)C(=O)C23CCC3)ccc1OCCC1CCN([C@@H](C)C(=O)Nc2cc(Cl)cc(CC3CCC(=O)NC3=O)c2)CC1. The fourth-order valence-electron chi connectivity index (χ4n) is 8.65. The van der Waals surface area contributed by atoms with Crippen molar-refractivity contribution in [2.24, 2.45) is 11.8 Å². The number of carbonyl (C=O) groups is 4. The number of nitrogens with zero attached hydrogens (tertiary/aromatic N) is 5. The molecule has 1 aliphatic carbocycles. The number of nitrogens with one attached hydrogen (secondary N) is 2. The van der Waals surface area contributed by atoms with Gasteiger partial charge in [0.05, 0.1) is 30.1 Å². The van der Waals surface area contributed by atoms with Crippen molar-refractivity contribution >= 4 is 69.6 Å². The number of likely N-dealkylation sites (tertiary alicyclic amines) is 1. The molecule has 60 heavy (non-hydrogen) atoms. The smallest absolute Gasteiger partial charge is 0.419 e. The number of amides is 4. The summed E-state index contributed by atoms with van der Waals surface area (Å²) >= 11 is 12.2. The van der Waals surface area contributed by atoms with E-state index in [1.165, 1.54) is 6.07 Å². The fourth-order valence-corrected chi connectivity index (χ4v) is 9.37. The first-order chi connectivity index (χ1) is 28.6. The maximum atomic E-state index is 13.9. The summed E-state index contributed by atoms with van der Waals surface area (Å²) in [5, 5.41) is 15.1. The van der Waals surface area contributed by atoms with Crippen LogP contribution in [-0.2, 0) is 38.2 Å². The monoisotopic (exact) mass is 863 g/mol. The van der Waals surface area contributed by atoms with Crippen LogP contribution >= 0.6 is 23.8 Å². The molecule has 4 aliphatic rings. The number of imide groups is 1. The maximum absolute atomic E-state index is 13.9. The van der Waals surface area contributed by atoms with Crippen LogP contribution in [0.3, 0.4) is 0 Å². The largest absolute Gasteiger partial charge is 0.493 e. The molecule has 1 unspecified atom stereocenters. The Balaban J connectivity index is 0.928. The van der Waals surface area contributed by atoms with Crippen LogP contribution in [0.4, 0.5) is 30.2 Å². The number of benzene rings is 2. The average Bonchev–Trinajstić information content (AvgIpc) is 3.44. The first kappa shape index (κ1) is 43.0. The van der Waals surface area contributed by atoms with Crippen molar-refractivity contribution < 1.29 is 37.1 Å². The zero-order chi connectivity index (χ0) is 42.9. The highest BCUT2D eigenvalue weighted by Gasteiger charge is 2.60. The van der Waals surface area contributed by atoms with E-state index in [9.17, 15) is 37.6 Å². The fraction of sp³-hybridized carbons (Fsp3) is 0.465. The number of halogens is 4. The quantitative estimate of drug-likeness (QED) is 0.140. The van der Waals surface area contributed by atoms with Gasteiger partial charge in [-0.1, -0.05) is 18.5 Å². The van der Waals surface area contributed by atoms with Gasteiger partial charge in [0, 0.05) is 28.7 Å². The lowest BCUT2D eigenvalue weighted by atomic mass is 9.75. The molecule has 17 heteroatoms. The molecular weight excluding hydrogens is 819 g/mol. The normalized spacial score (nSPS) is 20.2. The number of aryl methyl sites for hydroxylation is 1. The molecule has 4 heterocycles. The average molecular weight is 864 g/mol. The van der Waals surface area contributed by atoms with Crippen molar-refractivity contribution in [3.63, 3.8) is 0 Å². The lowest BCUT2D eigenvalue weighted by Gasteiger charge is -2.43. The van der Waals surface area contributed by atoms with E-state index in [1.807, 2.05) is 38.1 Å². The first-order valence-electron chi connectivity index (χ1n) is 20.2. The van der Waals surface area contributed by atoms with Crippen LogP contribution in [0, 0.1) is 23.2 Å². The summed E-state index contributed by atoms with van der Waals surface area (Å²) in [6.07, 6.45) is 2.36. The number of ether oxygens (including phenoxy) is 1. The van der Waals surface area contributed by atoms with Gasteiger partial charge in [0.2, 0.25) is 17.7 Å².